The molecule has 0 unspecified atom stereocenters. The first-order valence-corrected chi connectivity index (χ1v) is 9.37. The van der Waals surface area contributed by atoms with Crippen LogP contribution in [0.4, 0.5) is 15.6 Å². The van der Waals surface area contributed by atoms with Crippen LogP contribution in [0.1, 0.15) is 24.4 Å². The Kier molecular flexibility index (Phi) is 7.62. The molecule has 9 nitrogen and oxygen atoms in total. The lowest BCUT2D eigenvalue weighted by molar-refractivity contribution is 0.114. The van der Waals surface area contributed by atoms with Gasteiger partial charge in [0.25, 0.3) is 5.88 Å². The Labute approximate surface area is 162 Å². The number of thiazole rings is 1. The molecule has 2 aromatic rings. The van der Waals surface area contributed by atoms with Crippen molar-refractivity contribution in [3.8, 4) is 11.6 Å². The summed E-state index contributed by atoms with van der Waals surface area (Å²) in [5.74, 6) is 1.05. The fourth-order valence-corrected chi connectivity index (χ4v) is 3.60. The first kappa shape index (κ1) is 20.7. The molecule has 0 fully saturated rings. The van der Waals surface area contributed by atoms with Gasteiger partial charge in [0.1, 0.15) is 0 Å². The number of nitrogens with zero attached hydrogens (tertiary/aromatic N) is 3. The normalized spacial score (nSPS) is 12.4. The minimum Gasteiger partial charge on any atom is -0.491 e. The van der Waals surface area contributed by atoms with E-state index in [2.05, 4.69) is 30.5 Å². The van der Waals surface area contributed by atoms with Gasteiger partial charge in [0.15, 0.2) is 10.9 Å². The number of carbonyl (C=O) groups excluding carboxylic acids is 1. The third kappa shape index (κ3) is 4.98. The molecule has 148 valence electrons. The molecular formula is C17H25N5O4S. The Hall–Kier alpha value is -2.59. The third-order valence-electron chi connectivity index (χ3n) is 3.73. The number of urea groups is 1. The van der Waals surface area contributed by atoms with Gasteiger partial charge in [0.05, 0.1) is 45.5 Å². The van der Waals surface area contributed by atoms with Crippen LogP contribution in [-0.2, 0) is 17.8 Å². The molecule has 0 aliphatic carbocycles. The van der Waals surface area contributed by atoms with Gasteiger partial charge in [0, 0.05) is 23.9 Å². The predicted molar refractivity (Wildman–Crippen MR) is 105 cm³/mol. The van der Waals surface area contributed by atoms with Crippen molar-refractivity contribution >= 4 is 28.2 Å². The lowest BCUT2D eigenvalue weighted by atomic mass is 10.1. The van der Waals surface area contributed by atoms with Crippen molar-refractivity contribution in [2.24, 2.45) is 0 Å². The number of rotatable bonds is 5. The highest BCUT2D eigenvalue weighted by molar-refractivity contribution is 7.15. The lowest BCUT2D eigenvalue weighted by Gasteiger charge is -2.28. The number of ether oxygens (including phenoxy) is 2. The van der Waals surface area contributed by atoms with Crippen LogP contribution < -0.4 is 25.2 Å². The number of anilines is 2. The zero-order valence-electron chi connectivity index (χ0n) is 16.2. The van der Waals surface area contributed by atoms with Crippen LogP contribution in [-0.4, -0.2) is 43.9 Å². The maximum absolute atomic E-state index is 11.5. The minimum atomic E-state index is -0.449. The van der Waals surface area contributed by atoms with E-state index >= 15 is 0 Å². The average Bonchev–Trinajstić information content (AvgIpc) is 3.10. The van der Waals surface area contributed by atoms with E-state index < -0.39 is 6.03 Å². The molecule has 10 heteroatoms. The third-order valence-corrected chi connectivity index (χ3v) is 4.73. The Balaban J connectivity index is 0.00000126. The summed E-state index contributed by atoms with van der Waals surface area (Å²) in [4.78, 5) is 28.1. The molecule has 0 saturated carbocycles. The molecule has 2 aromatic heterocycles. The summed E-state index contributed by atoms with van der Waals surface area (Å²) in [5, 5.41) is 3.20. The van der Waals surface area contributed by atoms with E-state index in [-0.39, 0.29) is 0 Å². The van der Waals surface area contributed by atoms with Crippen molar-refractivity contribution in [2.45, 2.75) is 26.8 Å². The first-order chi connectivity index (χ1) is 13.1. The molecule has 0 saturated heterocycles. The molecule has 3 rings (SSSR count). The van der Waals surface area contributed by atoms with Gasteiger partial charge in [-0.3, -0.25) is 10.2 Å². The number of carbonyl (C=O) groups is 1. The number of pyridine rings is 1. The largest absolute Gasteiger partial charge is 0.491 e. The monoisotopic (exact) mass is 395 g/mol. The highest BCUT2D eigenvalue weighted by Crippen LogP contribution is 2.33. The van der Waals surface area contributed by atoms with Crippen molar-refractivity contribution in [3.05, 3.63) is 22.8 Å². The number of amides is 2. The molecular weight excluding hydrogens is 370 g/mol. The predicted octanol–water partition coefficient (Wildman–Crippen LogP) is 2.83. The lowest BCUT2D eigenvalue weighted by Crippen LogP contribution is -2.29. The summed E-state index contributed by atoms with van der Waals surface area (Å²) in [6.07, 6.45) is 2.55. The molecule has 0 atom stereocenters. The van der Waals surface area contributed by atoms with Gasteiger partial charge in [-0.2, -0.15) is 0 Å². The Morgan fingerprint density at radius 2 is 2.04 bits per heavy atom. The van der Waals surface area contributed by atoms with Gasteiger partial charge in [-0.25, -0.2) is 20.2 Å². The number of fused-ring (bicyclic) bond motifs is 1. The summed E-state index contributed by atoms with van der Waals surface area (Å²) in [5.41, 5.74) is 4.15. The zero-order valence-corrected chi connectivity index (χ0v) is 17.0. The maximum Gasteiger partial charge on any atom is 0.344 e. The molecule has 0 bridgehead atoms. The molecule has 0 radical (unpaired) electrons. The van der Waals surface area contributed by atoms with Crippen LogP contribution >= 0.6 is 11.3 Å². The van der Waals surface area contributed by atoms with Crippen LogP contribution in [0.2, 0.25) is 0 Å². The second-order valence-electron chi connectivity index (χ2n) is 5.23. The molecule has 0 spiro atoms. The first-order valence-electron chi connectivity index (χ1n) is 8.56. The topological polar surface area (TPSA) is 97.8 Å². The van der Waals surface area contributed by atoms with Crippen LogP contribution in [0.3, 0.4) is 0 Å². The van der Waals surface area contributed by atoms with E-state index in [9.17, 15) is 4.79 Å². The van der Waals surface area contributed by atoms with Crippen molar-refractivity contribution < 1.29 is 19.1 Å². The van der Waals surface area contributed by atoms with E-state index in [4.69, 9.17) is 9.47 Å². The van der Waals surface area contributed by atoms with E-state index in [0.29, 0.717) is 23.3 Å². The SMILES string of the molecule is CC.CONC(=O)Nc1nc2c(s1)CN(c1cnc(OC)c(OC)c1)CC2. The number of aromatic nitrogens is 2. The molecule has 1 aliphatic rings. The summed E-state index contributed by atoms with van der Waals surface area (Å²) in [6.45, 7) is 5.50. The van der Waals surface area contributed by atoms with E-state index in [1.54, 1.807) is 20.4 Å². The zero-order chi connectivity index (χ0) is 19.8. The summed E-state index contributed by atoms with van der Waals surface area (Å²) < 4.78 is 10.5. The van der Waals surface area contributed by atoms with Gasteiger partial charge in [0.2, 0.25) is 0 Å². The quantitative estimate of drug-likeness (QED) is 0.751. The number of hydroxylamine groups is 1. The number of hydrogen-bond acceptors (Lipinski definition) is 8. The molecule has 0 aromatic carbocycles. The highest BCUT2D eigenvalue weighted by atomic mass is 32.1. The molecule has 27 heavy (non-hydrogen) atoms. The maximum atomic E-state index is 11.5. The van der Waals surface area contributed by atoms with Crippen LogP contribution in [0.25, 0.3) is 0 Å². The summed E-state index contributed by atoms with van der Waals surface area (Å²) in [6, 6.07) is 1.46. The van der Waals surface area contributed by atoms with Crippen LogP contribution in [0, 0.1) is 0 Å². The van der Waals surface area contributed by atoms with Gasteiger partial charge in [-0.15, -0.1) is 0 Å². The van der Waals surface area contributed by atoms with E-state index in [1.807, 2.05) is 19.9 Å². The Bertz CT molecular complexity index is 768. The van der Waals surface area contributed by atoms with Crippen LogP contribution in [0.5, 0.6) is 11.6 Å². The van der Waals surface area contributed by atoms with Gasteiger partial charge in [-0.1, -0.05) is 25.2 Å². The van der Waals surface area contributed by atoms with Gasteiger partial charge < -0.3 is 14.4 Å². The van der Waals surface area contributed by atoms with Crippen molar-refractivity contribution in [1.29, 1.82) is 0 Å². The van der Waals surface area contributed by atoms with Gasteiger partial charge in [-0.05, 0) is 0 Å². The fourth-order valence-electron chi connectivity index (χ4n) is 2.58. The average molecular weight is 395 g/mol. The Morgan fingerprint density at radius 1 is 1.26 bits per heavy atom. The number of methoxy groups -OCH3 is 2. The highest BCUT2D eigenvalue weighted by Gasteiger charge is 2.22. The Morgan fingerprint density at radius 3 is 2.70 bits per heavy atom. The smallest absolute Gasteiger partial charge is 0.344 e. The molecule has 2 amide bonds. The van der Waals surface area contributed by atoms with Crippen molar-refractivity contribution in [1.82, 2.24) is 15.4 Å². The van der Waals surface area contributed by atoms with Crippen molar-refractivity contribution in [2.75, 3.05) is 38.1 Å². The number of hydrogen-bond donors (Lipinski definition) is 2. The molecule has 1 aliphatic heterocycles. The number of nitrogens with one attached hydrogen (secondary N) is 2. The minimum absolute atomic E-state index is 0.449. The van der Waals surface area contributed by atoms with Crippen LogP contribution in [0.15, 0.2) is 12.3 Å². The summed E-state index contributed by atoms with van der Waals surface area (Å²) in [7, 11) is 4.52. The van der Waals surface area contributed by atoms with Gasteiger partial charge >= 0.3 is 6.03 Å². The standard InChI is InChI=1S/C15H19N5O4S.C2H6/c1-22-11-6-9(7-16-13(11)23-2)20-5-4-10-12(8-20)25-15(17-10)18-14(21)19-24-3;1-2/h6-7H,4-5,8H2,1-3H3,(H2,17,18,19,21);1-2H3. The molecule has 2 N–H and O–H groups in total. The fraction of sp³-hybridized carbons (Fsp3) is 0.471. The second kappa shape index (κ2) is 9.93. The summed E-state index contributed by atoms with van der Waals surface area (Å²) >= 11 is 1.45. The second-order valence-corrected chi connectivity index (χ2v) is 6.31. The van der Waals surface area contributed by atoms with E-state index in [1.165, 1.54) is 18.4 Å². The van der Waals surface area contributed by atoms with Crippen molar-refractivity contribution in [3.63, 3.8) is 0 Å². The molecule has 3 heterocycles. The van der Waals surface area contributed by atoms with E-state index in [0.717, 1.165) is 29.2 Å².